The summed E-state index contributed by atoms with van der Waals surface area (Å²) in [6.07, 6.45) is 0.567. The zero-order valence-corrected chi connectivity index (χ0v) is 11.6. The molecular formula is C14H19ClFN3. The lowest BCUT2D eigenvalue weighted by molar-refractivity contribution is 0.00249. The molecule has 3 aliphatic heterocycles. The van der Waals surface area contributed by atoms with Gasteiger partial charge in [-0.2, -0.15) is 0 Å². The van der Waals surface area contributed by atoms with Crippen LogP contribution in [0.3, 0.4) is 0 Å². The van der Waals surface area contributed by atoms with Crippen LogP contribution in [0.4, 0.5) is 4.39 Å². The van der Waals surface area contributed by atoms with Gasteiger partial charge in [-0.1, -0.05) is 17.7 Å². The third-order valence-electron chi connectivity index (χ3n) is 4.29. The average molecular weight is 284 g/mol. The average Bonchev–Trinajstić information content (AvgIpc) is 2.43. The van der Waals surface area contributed by atoms with Crippen molar-refractivity contribution >= 4 is 11.6 Å². The van der Waals surface area contributed by atoms with Gasteiger partial charge in [0.25, 0.3) is 0 Å². The summed E-state index contributed by atoms with van der Waals surface area (Å²) in [5, 5.41) is 0.432. The Labute approximate surface area is 118 Å². The van der Waals surface area contributed by atoms with Gasteiger partial charge < -0.3 is 5.73 Å². The van der Waals surface area contributed by atoms with Crippen molar-refractivity contribution in [3.8, 4) is 0 Å². The van der Waals surface area contributed by atoms with Crippen LogP contribution in [-0.4, -0.2) is 54.6 Å². The molecule has 2 atom stereocenters. The molecule has 0 radical (unpaired) electrons. The van der Waals surface area contributed by atoms with Gasteiger partial charge in [-0.15, -0.1) is 0 Å². The van der Waals surface area contributed by atoms with Crippen LogP contribution in [0.5, 0.6) is 0 Å². The molecule has 2 N–H and O–H groups in total. The largest absolute Gasteiger partial charge is 0.326 e. The van der Waals surface area contributed by atoms with Gasteiger partial charge in [0.1, 0.15) is 5.82 Å². The third-order valence-corrected chi connectivity index (χ3v) is 4.52. The molecule has 104 valence electrons. The Morgan fingerprint density at radius 1 is 1.32 bits per heavy atom. The maximum atomic E-state index is 13.8. The van der Waals surface area contributed by atoms with Gasteiger partial charge in [0.15, 0.2) is 0 Å². The summed E-state index contributed by atoms with van der Waals surface area (Å²) in [6.45, 7) is 5.45. The lowest BCUT2D eigenvalue weighted by Gasteiger charge is -2.49. The van der Waals surface area contributed by atoms with E-state index in [9.17, 15) is 4.39 Å². The number of hydrogen-bond acceptors (Lipinski definition) is 3. The topological polar surface area (TPSA) is 32.5 Å². The minimum Gasteiger partial charge on any atom is -0.326 e. The first-order valence-electron chi connectivity index (χ1n) is 6.79. The molecule has 5 heteroatoms. The molecule has 3 aliphatic rings. The van der Waals surface area contributed by atoms with Crippen LogP contribution in [-0.2, 0) is 6.42 Å². The monoisotopic (exact) mass is 283 g/mol. The van der Waals surface area contributed by atoms with Gasteiger partial charge in [0.05, 0.1) is 0 Å². The van der Waals surface area contributed by atoms with E-state index < -0.39 is 0 Å². The highest BCUT2D eigenvalue weighted by atomic mass is 35.5. The van der Waals surface area contributed by atoms with E-state index in [0.717, 1.165) is 32.7 Å². The minimum absolute atomic E-state index is 0.0289. The molecule has 2 unspecified atom stereocenters. The van der Waals surface area contributed by atoms with Crippen LogP contribution in [0, 0.1) is 5.82 Å². The molecule has 1 aromatic carbocycles. The Morgan fingerprint density at radius 3 is 2.63 bits per heavy atom. The first-order chi connectivity index (χ1) is 9.13. The zero-order chi connectivity index (χ0) is 13.4. The molecule has 2 bridgehead atoms. The van der Waals surface area contributed by atoms with E-state index in [1.54, 1.807) is 12.1 Å². The fraction of sp³-hybridized carbons (Fsp3) is 0.571. The Bertz CT molecular complexity index is 460. The summed E-state index contributed by atoms with van der Waals surface area (Å²) in [5.41, 5.74) is 6.97. The van der Waals surface area contributed by atoms with Gasteiger partial charge in [-0.25, -0.2) is 4.39 Å². The second-order valence-corrected chi connectivity index (χ2v) is 5.94. The number of benzene rings is 1. The molecule has 0 spiro atoms. The summed E-state index contributed by atoms with van der Waals surface area (Å²) in [4.78, 5) is 4.89. The number of fused-ring (bicyclic) bond motifs is 3. The van der Waals surface area contributed by atoms with E-state index in [0.29, 0.717) is 23.0 Å². The summed E-state index contributed by atoms with van der Waals surface area (Å²) in [5.74, 6) is -0.251. The first-order valence-corrected chi connectivity index (χ1v) is 7.17. The molecule has 3 fully saturated rings. The molecular weight excluding hydrogens is 265 g/mol. The summed E-state index contributed by atoms with van der Waals surface area (Å²) >= 11 is 5.77. The molecule has 0 aliphatic carbocycles. The van der Waals surface area contributed by atoms with Crippen LogP contribution in [0.2, 0.25) is 5.02 Å². The smallest absolute Gasteiger partial charge is 0.127 e. The number of nitrogens with zero attached hydrogens (tertiary/aromatic N) is 2. The second-order valence-electron chi connectivity index (χ2n) is 5.51. The van der Waals surface area contributed by atoms with Gasteiger partial charge in [-0.05, 0) is 24.1 Å². The minimum atomic E-state index is -0.251. The maximum Gasteiger partial charge on any atom is 0.127 e. The van der Waals surface area contributed by atoms with Crippen molar-refractivity contribution in [2.75, 3.05) is 32.7 Å². The molecule has 1 aromatic rings. The van der Waals surface area contributed by atoms with Gasteiger partial charge in [-0.3, -0.25) is 9.80 Å². The third kappa shape index (κ3) is 2.77. The molecule has 3 saturated heterocycles. The van der Waals surface area contributed by atoms with E-state index in [1.165, 1.54) is 6.07 Å². The number of hydrogen-bond donors (Lipinski definition) is 1. The first kappa shape index (κ1) is 13.3. The van der Waals surface area contributed by atoms with Crippen molar-refractivity contribution in [1.82, 2.24) is 9.80 Å². The second kappa shape index (κ2) is 5.37. The van der Waals surface area contributed by atoms with E-state index in [-0.39, 0.29) is 11.9 Å². The molecule has 19 heavy (non-hydrogen) atoms. The highest BCUT2D eigenvalue weighted by Crippen LogP contribution is 2.21. The van der Waals surface area contributed by atoms with Gasteiger partial charge >= 0.3 is 0 Å². The quantitative estimate of drug-likeness (QED) is 0.909. The van der Waals surface area contributed by atoms with Crippen LogP contribution in [0.15, 0.2) is 18.2 Å². The SMILES string of the molecule is NC(Cc1ccc(Cl)cc1F)C1CN2CCN1CC2. The standard InChI is InChI=1S/C14H19ClFN3/c15-11-2-1-10(12(16)8-11)7-13(17)14-9-18-3-5-19(14)6-4-18/h1-2,8,13-14H,3-7,9,17H2. The van der Waals surface area contributed by atoms with Crippen molar-refractivity contribution in [1.29, 1.82) is 0 Å². The predicted molar refractivity (Wildman–Crippen MR) is 74.9 cm³/mol. The van der Waals surface area contributed by atoms with Crippen molar-refractivity contribution in [3.05, 3.63) is 34.6 Å². The Balaban J connectivity index is 1.69. The van der Waals surface area contributed by atoms with E-state index in [1.807, 2.05) is 0 Å². The fourth-order valence-corrected chi connectivity index (χ4v) is 3.30. The highest BCUT2D eigenvalue weighted by Gasteiger charge is 2.35. The van der Waals surface area contributed by atoms with E-state index in [2.05, 4.69) is 9.80 Å². The van der Waals surface area contributed by atoms with Crippen molar-refractivity contribution in [3.63, 3.8) is 0 Å². The molecule has 3 heterocycles. The molecule has 0 saturated carbocycles. The normalized spacial score (nSPS) is 31.4. The number of piperazine rings is 3. The van der Waals surface area contributed by atoms with Crippen LogP contribution in [0.25, 0.3) is 0 Å². The fourth-order valence-electron chi connectivity index (χ4n) is 3.14. The number of halogens is 2. The highest BCUT2D eigenvalue weighted by molar-refractivity contribution is 6.30. The van der Waals surface area contributed by atoms with Crippen molar-refractivity contribution in [2.24, 2.45) is 5.73 Å². The van der Waals surface area contributed by atoms with E-state index >= 15 is 0 Å². The van der Waals surface area contributed by atoms with Crippen molar-refractivity contribution in [2.45, 2.75) is 18.5 Å². The lowest BCUT2D eigenvalue weighted by atomic mass is 9.95. The van der Waals surface area contributed by atoms with Crippen LogP contribution >= 0.6 is 11.6 Å². The maximum absolute atomic E-state index is 13.8. The van der Waals surface area contributed by atoms with Gasteiger partial charge in [0, 0.05) is 49.8 Å². The predicted octanol–water partition coefficient (Wildman–Crippen LogP) is 1.35. The summed E-state index contributed by atoms with van der Waals surface area (Å²) < 4.78 is 13.8. The Morgan fingerprint density at radius 2 is 2.05 bits per heavy atom. The van der Waals surface area contributed by atoms with Crippen LogP contribution < -0.4 is 5.73 Å². The molecule has 3 nitrogen and oxygen atoms in total. The summed E-state index contributed by atoms with van der Waals surface area (Å²) in [6, 6.07) is 5.15. The Kier molecular flexibility index (Phi) is 3.76. The van der Waals surface area contributed by atoms with Gasteiger partial charge in [0.2, 0.25) is 0 Å². The molecule has 0 amide bonds. The van der Waals surface area contributed by atoms with Crippen molar-refractivity contribution < 1.29 is 4.39 Å². The Hall–Kier alpha value is -0.680. The summed E-state index contributed by atoms with van der Waals surface area (Å²) in [7, 11) is 0. The zero-order valence-electron chi connectivity index (χ0n) is 10.9. The van der Waals surface area contributed by atoms with E-state index in [4.69, 9.17) is 17.3 Å². The number of rotatable bonds is 3. The molecule has 0 aromatic heterocycles. The van der Waals surface area contributed by atoms with Crippen LogP contribution in [0.1, 0.15) is 5.56 Å². The molecule has 4 rings (SSSR count). The lowest BCUT2D eigenvalue weighted by Crippen LogP contribution is -2.66. The number of nitrogens with two attached hydrogens (primary N) is 1.